The molecule has 0 aromatic rings. The minimum atomic E-state index is -2.96. The summed E-state index contributed by atoms with van der Waals surface area (Å²) < 4.78 is 23.0. The van der Waals surface area contributed by atoms with E-state index in [4.69, 9.17) is 0 Å². The zero-order chi connectivity index (χ0) is 13.9. The molecule has 1 heterocycles. The average Bonchev–Trinajstić information content (AvgIpc) is 2.26. The fourth-order valence-electron chi connectivity index (χ4n) is 2.91. The van der Waals surface area contributed by atoms with Gasteiger partial charge in [0.05, 0.1) is 11.5 Å². The van der Waals surface area contributed by atoms with Crippen molar-refractivity contribution in [2.45, 2.75) is 45.1 Å². The van der Waals surface area contributed by atoms with Gasteiger partial charge in [0.2, 0.25) is 5.91 Å². The third kappa shape index (κ3) is 3.92. The van der Waals surface area contributed by atoms with Crippen molar-refractivity contribution in [1.29, 1.82) is 0 Å². The molecule has 1 saturated carbocycles. The molecular formula is C13H24N2O3S. The summed E-state index contributed by atoms with van der Waals surface area (Å²) in [4.78, 5) is 11.9. The van der Waals surface area contributed by atoms with Gasteiger partial charge in [-0.25, -0.2) is 8.42 Å². The molecule has 1 aliphatic carbocycles. The first-order chi connectivity index (χ1) is 8.95. The van der Waals surface area contributed by atoms with Crippen molar-refractivity contribution >= 4 is 15.7 Å². The molecule has 6 heteroatoms. The summed E-state index contributed by atoms with van der Waals surface area (Å²) in [5.74, 6) is 0.234. The molecule has 110 valence electrons. The highest BCUT2D eigenvalue weighted by Gasteiger charge is 2.35. The van der Waals surface area contributed by atoms with Crippen LogP contribution in [0.25, 0.3) is 0 Å². The van der Waals surface area contributed by atoms with E-state index in [2.05, 4.69) is 17.6 Å². The lowest BCUT2D eigenvalue weighted by Gasteiger charge is -2.41. The molecule has 0 bridgehead atoms. The molecule has 0 aromatic carbocycles. The smallest absolute Gasteiger partial charge is 0.221 e. The van der Waals surface area contributed by atoms with Crippen molar-refractivity contribution in [3.63, 3.8) is 0 Å². The molecule has 5 nitrogen and oxygen atoms in total. The first-order valence-electron chi connectivity index (χ1n) is 7.15. The lowest BCUT2D eigenvalue weighted by molar-refractivity contribution is -0.122. The number of nitrogens with one attached hydrogen (secondary N) is 2. The third-order valence-electron chi connectivity index (χ3n) is 4.56. The number of amides is 1. The van der Waals surface area contributed by atoms with Gasteiger partial charge in [0, 0.05) is 25.6 Å². The van der Waals surface area contributed by atoms with E-state index in [0.717, 1.165) is 13.0 Å². The van der Waals surface area contributed by atoms with E-state index in [0.29, 0.717) is 12.0 Å². The Bertz CT molecular complexity index is 424. The van der Waals surface area contributed by atoms with E-state index in [-0.39, 0.29) is 29.9 Å². The monoisotopic (exact) mass is 288 g/mol. The number of carbonyl (C=O) groups is 1. The number of carbonyl (C=O) groups excluding carboxylic acids is 1. The lowest BCUT2D eigenvalue weighted by Crippen LogP contribution is -2.48. The number of hydrogen-bond donors (Lipinski definition) is 2. The minimum Gasteiger partial charge on any atom is -0.355 e. The molecule has 2 aliphatic rings. The summed E-state index contributed by atoms with van der Waals surface area (Å²) in [5.41, 5.74) is 0.307. The first-order valence-corrected chi connectivity index (χ1v) is 8.97. The standard InChI is InChI=1S/C13H24N2O3S/c1-2-13(4-3-5-13)10-15-12(16)8-11-9-19(17,18)7-6-14-11/h11,14H,2-10H2,1H3,(H,15,16). The Hall–Kier alpha value is -0.620. The van der Waals surface area contributed by atoms with Crippen molar-refractivity contribution in [2.24, 2.45) is 5.41 Å². The average molecular weight is 288 g/mol. The van der Waals surface area contributed by atoms with Crippen LogP contribution < -0.4 is 10.6 Å². The molecule has 2 N–H and O–H groups in total. The van der Waals surface area contributed by atoms with Crippen LogP contribution in [0.15, 0.2) is 0 Å². The highest BCUT2D eigenvalue weighted by molar-refractivity contribution is 7.91. The van der Waals surface area contributed by atoms with Crippen molar-refractivity contribution in [3.8, 4) is 0 Å². The van der Waals surface area contributed by atoms with E-state index in [9.17, 15) is 13.2 Å². The number of sulfone groups is 1. The maximum absolute atomic E-state index is 11.9. The molecule has 1 atom stereocenters. The second-order valence-electron chi connectivity index (χ2n) is 5.95. The Kier molecular flexibility index (Phi) is 4.50. The van der Waals surface area contributed by atoms with Gasteiger partial charge in [-0.15, -0.1) is 0 Å². The van der Waals surface area contributed by atoms with Crippen LogP contribution in [0.3, 0.4) is 0 Å². The van der Waals surface area contributed by atoms with Gasteiger partial charge in [-0.1, -0.05) is 13.3 Å². The van der Waals surface area contributed by atoms with Crippen LogP contribution in [0.1, 0.15) is 39.0 Å². The molecular weight excluding hydrogens is 264 g/mol. The Morgan fingerprint density at radius 2 is 2.16 bits per heavy atom. The Morgan fingerprint density at radius 1 is 1.42 bits per heavy atom. The SMILES string of the molecule is CCC1(CNC(=O)CC2CS(=O)(=O)CCN2)CCC1. The van der Waals surface area contributed by atoms with Gasteiger partial charge in [0.15, 0.2) is 9.84 Å². The summed E-state index contributed by atoms with van der Waals surface area (Å²) in [6.07, 6.45) is 5.01. The second-order valence-corrected chi connectivity index (χ2v) is 8.18. The molecule has 0 aromatic heterocycles. The predicted octanol–water partition coefficient (Wildman–Crippen LogP) is 0.460. The molecule has 19 heavy (non-hydrogen) atoms. The predicted molar refractivity (Wildman–Crippen MR) is 74.6 cm³/mol. The van der Waals surface area contributed by atoms with Crippen LogP contribution >= 0.6 is 0 Å². The summed E-state index contributed by atoms with van der Waals surface area (Å²) in [5, 5.41) is 6.08. The fraction of sp³-hybridized carbons (Fsp3) is 0.923. The maximum Gasteiger partial charge on any atom is 0.221 e. The summed E-state index contributed by atoms with van der Waals surface area (Å²) in [6, 6.07) is -0.224. The van der Waals surface area contributed by atoms with E-state index in [1.165, 1.54) is 19.3 Å². The largest absolute Gasteiger partial charge is 0.355 e. The molecule has 0 radical (unpaired) electrons. The van der Waals surface area contributed by atoms with Crippen LogP contribution in [0, 0.1) is 5.41 Å². The highest BCUT2D eigenvalue weighted by Crippen LogP contribution is 2.43. The molecule has 1 amide bonds. The molecule has 1 aliphatic heterocycles. The highest BCUT2D eigenvalue weighted by atomic mass is 32.2. The van der Waals surface area contributed by atoms with E-state index >= 15 is 0 Å². The zero-order valence-electron chi connectivity index (χ0n) is 11.6. The maximum atomic E-state index is 11.9. The van der Waals surface area contributed by atoms with E-state index in [1.807, 2.05) is 0 Å². The minimum absolute atomic E-state index is 0.0330. The van der Waals surface area contributed by atoms with Gasteiger partial charge >= 0.3 is 0 Å². The van der Waals surface area contributed by atoms with Gasteiger partial charge in [-0.3, -0.25) is 4.79 Å². The first kappa shape index (κ1) is 14.8. The van der Waals surface area contributed by atoms with Crippen molar-refractivity contribution in [2.75, 3.05) is 24.6 Å². The van der Waals surface area contributed by atoms with Crippen molar-refractivity contribution < 1.29 is 13.2 Å². The Labute approximate surface area is 115 Å². The quantitative estimate of drug-likeness (QED) is 0.770. The van der Waals surface area contributed by atoms with Crippen LogP contribution in [-0.2, 0) is 14.6 Å². The summed E-state index contributed by atoms with van der Waals surface area (Å²) in [7, 11) is -2.96. The van der Waals surface area contributed by atoms with E-state index in [1.54, 1.807) is 0 Å². The summed E-state index contributed by atoms with van der Waals surface area (Å²) >= 11 is 0. The van der Waals surface area contributed by atoms with Crippen molar-refractivity contribution in [3.05, 3.63) is 0 Å². The van der Waals surface area contributed by atoms with Crippen LogP contribution in [0.5, 0.6) is 0 Å². The molecule has 1 unspecified atom stereocenters. The molecule has 2 rings (SSSR count). The van der Waals surface area contributed by atoms with Gasteiger partial charge in [0.1, 0.15) is 0 Å². The van der Waals surface area contributed by atoms with Gasteiger partial charge in [-0.2, -0.15) is 0 Å². The Balaban J connectivity index is 1.75. The molecule has 2 fully saturated rings. The van der Waals surface area contributed by atoms with Crippen molar-refractivity contribution in [1.82, 2.24) is 10.6 Å². The zero-order valence-corrected chi connectivity index (χ0v) is 12.4. The van der Waals surface area contributed by atoms with Crippen LogP contribution in [0.4, 0.5) is 0 Å². The topological polar surface area (TPSA) is 75.3 Å². The summed E-state index contributed by atoms with van der Waals surface area (Å²) in [6.45, 7) is 3.36. The van der Waals surface area contributed by atoms with Gasteiger partial charge < -0.3 is 10.6 Å². The third-order valence-corrected chi connectivity index (χ3v) is 6.29. The van der Waals surface area contributed by atoms with Crippen LogP contribution in [0.2, 0.25) is 0 Å². The molecule has 1 saturated heterocycles. The van der Waals surface area contributed by atoms with E-state index < -0.39 is 9.84 Å². The Morgan fingerprint density at radius 3 is 2.68 bits per heavy atom. The number of hydrogen-bond acceptors (Lipinski definition) is 4. The van der Waals surface area contributed by atoms with Gasteiger partial charge in [0.25, 0.3) is 0 Å². The normalized spacial score (nSPS) is 28.4. The van der Waals surface area contributed by atoms with Crippen LogP contribution in [-0.4, -0.2) is 45.0 Å². The fourth-order valence-corrected chi connectivity index (χ4v) is 4.36. The number of rotatable bonds is 5. The lowest BCUT2D eigenvalue weighted by atomic mass is 9.67. The van der Waals surface area contributed by atoms with Gasteiger partial charge in [-0.05, 0) is 24.7 Å². The second kappa shape index (κ2) is 5.79. The molecule has 0 spiro atoms.